The summed E-state index contributed by atoms with van der Waals surface area (Å²) in [6, 6.07) is 7.38. The summed E-state index contributed by atoms with van der Waals surface area (Å²) in [4.78, 5) is 4.24. The fourth-order valence-corrected chi connectivity index (χ4v) is 5.56. The highest BCUT2D eigenvalue weighted by molar-refractivity contribution is 7.93. The van der Waals surface area contributed by atoms with Gasteiger partial charge in [0.2, 0.25) is 14.2 Å². The number of nitrogens with zero attached hydrogens (tertiary/aromatic N) is 1. The highest BCUT2D eigenvalue weighted by Crippen LogP contribution is 2.34. The van der Waals surface area contributed by atoms with Gasteiger partial charge in [0.15, 0.2) is 11.2 Å². The van der Waals surface area contributed by atoms with Crippen molar-refractivity contribution in [3.8, 4) is 0 Å². The first kappa shape index (κ1) is 14.9. The fourth-order valence-electron chi connectivity index (χ4n) is 2.47. The third-order valence-corrected chi connectivity index (χ3v) is 6.63. The van der Waals surface area contributed by atoms with E-state index in [9.17, 15) is 8.42 Å². The summed E-state index contributed by atoms with van der Waals surface area (Å²) in [5.74, 6) is -0.911. The number of thiazole rings is 1. The van der Waals surface area contributed by atoms with Gasteiger partial charge in [-0.2, -0.15) is 0 Å². The molecule has 0 N–H and O–H groups in total. The lowest BCUT2D eigenvalue weighted by Gasteiger charge is -2.38. The van der Waals surface area contributed by atoms with E-state index in [0.29, 0.717) is 11.9 Å². The van der Waals surface area contributed by atoms with Crippen LogP contribution in [0.3, 0.4) is 0 Å². The highest BCUT2D eigenvalue weighted by atomic mass is 32.2. The summed E-state index contributed by atoms with van der Waals surface area (Å²) in [6.07, 6.45) is 0.129. The monoisotopic (exact) mass is 327 g/mol. The van der Waals surface area contributed by atoms with E-state index < -0.39 is 21.1 Å². The predicted molar refractivity (Wildman–Crippen MR) is 80.9 cm³/mol. The average molecular weight is 327 g/mol. The van der Waals surface area contributed by atoms with Gasteiger partial charge in [0, 0.05) is 6.42 Å². The third-order valence-electron chi connectivity index (χ3n) is 3.29. The van der Waals surface area contributed by atoms with Crippen molar-refractivity contribution in [1.29, 1.82) is 0 Å². The summed E-state index contributed by atoms with van der Waals surface area (Å²) in [6.45, 7) is 5.30. The number of benzene rings is 1. The van der Waals surface area contributed by atoms with E-state index in [4.69, 9.17) is 9.47 Å². The van der Waals surface area contributed by atoms with Crippen LogP contribution in [0, 0.1) is 0 Å². The molecule has 114 valence electrons. The van der Waals surface area contributed by atoms with Gasteiger partial charge in [-0.25, -0.2) is 13.4 Å². The molecule has 2 atom stereocenters. The third kappa shape index (κ3) is 2.83. The minimum atomic E-state index is -3.62. The molecule has 1 saturated heterocycles. The second-order valence-electron chi connectivity index (χ2n) is 5.60. The minimum absolute atomic E-state index is 0.110. The van der Waals surface area contributed by atoms with E-state index in [1.54, 1.807) is 13.8 Å². The van der Waals surface area contributed by atoms with Crippen LogP contribution in [-0.2, 0) is 19.3 Å². The van der Waals surface area contributed by atoms with Gasteiger partial charge in [-0.3, -0.25) is 0 Å². The maximum Gasteiger partial charge on any atom is 0.232 e. The van der Waals surface area contributed by atoms with Gasteiger partial charge in [-0.1, -0.05) is 12.1 Å². The van der Waals surface area contributed by atoms with Gasteiger partial charge in [0.25, 0.3) is 0 Å². The van der Waals surface area contributed by atoms with Crippen LogP contribution in [0.5, 0.6) is 0 Å². The molecule has 0 spiro atoms. The summed E-state index contributed by atoms with van der Waals surface area (Å²) < 4.78 is 37.7. The van der Waals surface area contributed by atoms with Crippen LogP contribution in [0.1, 0.15) is 27.2 Å². The lowest BCUT2D eigenvalue weighted by atomic mass is 10.2. The molecule has 1 fully saturated rings. The van der Waals surface area contributed by atoms with E-state index >= 15 is 0 Å². The molecule has 3 rings (SSSR count). The first-order chi connectivity index (χ1) is 9.78. The first-order valence-electron chi connectivity index (χ1n) is 6.73. The van der Waals surface area contributed by atoms with Gasteiger partial charge in [-0.15, -0.1) is 11.3 Å². The Morgan fingerprint density at radius 3 is 2.67 bits per heavy atom. The SMILES string of the molecule is C[C@@H]1C[C@H](S(=O)(=O)c2nc3ccccc3s2)OC(C)(C)O1. The Kier molecular flexibility index (Phi) is 3.56. The maximum atomic E-state index is 12.8. The molecule has 0 amide bonds. The van der Waals surface area contributed by atoms with Gasteiger partial charge in [0.05, 0.1) is 16.3 Å². The summed E-state index contributed by atoms with van der Waals surface area (Å²) in [5, 5.41) is 0. The molecule has 2 aromatic rings. The summed E-state index contributed by atoms with van der Waals surface area (Å²) in [5.41, 5.74) is -0.225. The van der Waals surface area contributed by atoms with E-state index in [0.717, 1.165) is 4.70 Å². The van der Waals surface area contributed by atoms with Crippen LogP contribution >= 0.6 is 11.3 Å². The molecule has 7 heteroatoms. The van der Waals surface area contributed by atoms with E-state index in [1.807, 2.05) is 31.2 Å². The van der Waals surface area contributed by atoms with E-state index in [2.05, 4.69) is 4.98 Å². The Bertz CT molecular complexity index is 733. The fraction of sp³-hybridized carbons (Fsp3) is 0.500. The van der Waals surface area contributed by atoms with Gasteiger partial charge >= 0.3 is 0 Å². The van der Waals surface area contributed by atoms with Crippen LogP contribution in [0.4, 0.5) is 0 Å². The molecule has 0 saturated carbocycles. The van der Waals surface area contributed by atoms with Crippen molar-refractivity contribution in [3.05, 3.63) is 24.3 Å². The number of hydrogen-bond donors (Lipinski definition) is 0. The molecule has 0 unspecified atom stereocenters. The standard InChI is InChI=1S/C14H17NO4S2/c1-9-8-12(19-14(2,3)18-9)21(16,17)13-15-10-6-4-5-7-11(10)20-13/h4-7,9,12H,8H2,1-3H3/t9-,12+/m1/s1. The van der Waals surface area contributed by atoms with Crippen molar-refractivity contribution in [3.63, 3.8) is 0 Å². The van der Waals surface area contributed by atoms with E-state index in [1.165, 1.54) is 11.3 Å². The topological polar surface area (TPSA) is 65.5 Å². The number of sulfone groups is 1. The Hall–Kier alpha value is -1.02. The number of fused-ring (bicyclic) bond motifs is 1. The van der Waals surface area contributed by atoms with Crippen molar-refractivity contribution in [2.45, 2.75) is 48.9 Å². The van der Waals surface area contributed by atoms with Crippen LogP contribution in [0.15, 0.2) is 28.6 Å². The predicted octanol–water partition coefficient (Wildman–Crippen LogP) is 2.96. The smallest absolute Gasteiger partial charge is 0.232 e. The van der Waals surface area contributed by atoms with Crippen molar-refractivity contribution in [2.75, 3.05) is 0 Å². The zero-order valence-corrected chi connectivity index (χ0v) is 13.7. The second kappa shape index (κ2) is 5.01. The molecule has 1 aliphatic rings. The average Bonchev–Trinajstić information content (AvgIpc) is 2.80. The zero-order valence-electron chi connectivity index (χ0n) is 12.1. The van der Waals surface area contributed by atoms with Gasteiger partial charge in [0.1, 0.15) is 0 Å². The zero-order chi connectivity index (χ0) is 15.3. The quantitative estimate of drug-likeness (QED) is 0.848. The van der Waals surface area contributed by atoms with Crippen LogP contribution in [-0.4, -0.2) is 30.7 Å². The Labute approximate surface area is 127 Å². The van der Waals surface area contributed by atoms with Crippen LogP contribution in [0.25, 0.3) is 10.2 Å². The number of rotatable bonds is 2. The minimum Gasteiger partial charge on any atom is -0.347 e. The van der Waals surface area contributed by atoms with Crippen molar-refractivity contribution < 1.29 is 17.9 Å². The molecular formula is C14H17NO4S2. The maximum absolute atomic E-state index is 12.8. The Balaban J connectivity index is 1.99. The summed E-state index contributed by atoms with van der Waals surface area (Å²) >= 11 is 1.18. The Morgan fingerprint density at radius 2 is 2.00 bits per heavy atom. The normalized spacial score (nSPS) is 26.0. The molecule has 0 radical (unpaired) electrons. The number of para-hydroxylation sites is 1. The molecule has 1 aromatic carbocycles. The molecule has 1 aliphatic heterocycles. The number of ether oxygens (including phenoxy) is 2. The van der Waals surface area contributed by atoms with Crippen molar-refractivity contribution in [2.24, 2.45) is 0 Å². The van der Waals surface area contributed by atoms with Crippen LogP contribution in [0.2, 0.25) is 0 Å². The molecular weight excluding hydrogens is 310 g/mol. The molecule has 0 bridgehead atoms. The number of hydrogen-bond acceptors (Lipinski definition) is 6. The first-order valence-corrected chi connectivity index (χ1v) is 9.09. The molecule has 21 heavy (non-hydrogen) atoms. The molecule has 1 aromatic heterocycles. The molecule has 5 nitrogen and oxygen atoms in total. The van der Waals surface area contributed by atoms with Crippen molar-refractivity contribution in [1.82, 2.24) is 4.98 Å². The van der Waals surface area contributed by atoms with Crippen molar-refractivity contribution >= 4 is 31.4 Å². The second-order valence-corrected chi connectivity index (χ2v) is 8.90. The van der Waals surface area contributed by atoms with Gasteiger partial charge < -0.3 is 9.47 Å². The number of aromatic nitrogens is 1. The summed E-state index contributed by atoms with van der Waals surface area (Å²) in [7, 11) is -3.62. The molecule has 2 heterocycles. The van der Waals surface area contributed by atoms with E-state index in [-0.39, 0.29) is 10.4 Å². The largest absolute Gasteiger partial charge is 0.347 e. The highest BCUT2D eigenvalue weighted by Gasteiger charge is 2.42. The van der Waals surface area contributed by atoms with Gasteiger partial charge in [-0.05, 0) is 32.9 Å². The Morgan fingerprint density at radius 1 is 1.29 bits per heavy atom. The van der Waals surface area contributed by atoms with Crippen LogP contribution < -0.4 is 0 Å². The lowest BCUT2D eigenvalue weighted by Crippen LogP contribution is -2.46. The molecule has 0 aliphatic carbocycles. The lowest BCUT2D eigenvalue weighted by molar-refractivity contribution is -0.279.